The number of sulfonamides is 1. The summed E-state index contributed by atoms with van der Waals surface area (Å²) in [4.78, 5) is 1.72. The van der Waals surface area contributed by atoms with Gasteiger partial charge in [0.25, 0.3) is 0 Å². The van der Waals surface area contributed by atoms with Gasteiger partial charge in [-0.15, -0.1) is 0 Å². The maximum atomic E-state index is 14.0. The predicted octanol–water partition coefficient (Wildman–Crippen LogP) is 3.19. The van der Waals surface area contributed by atoms with Crippen molar-refractivity contribution in [3.8, 4) is 0 Å². The first-order chi connectivity index (χ1) is 13.1. The van der Waals surface area contributed by atoms with Gasteiger partial charge in [0, 0.05) is 43.3 Å². The van der Waals surface area contributed by atoms with Crippen molar-refractivity contribution in [2.24, 2.45) is 0 Å². The Balaban J connectivity index is 1.74. The molecule has 3 rings (SSSR count). The Hall–Kier alpha value is -1.62. The van der Waals surface area contributed by atoms with E-state index in [4.69, 9.17) is 11.6 Å². The Kier molecular flexibility index (Phi) is 6.04. The number of benzene rings is 1. The van der Waals surface area contributed by atoms with Gasteiger partial charge in [0.2, 0.25) is 10.0 Å². The molecule has 1 aromatic carbocycles. The lowest BCUT2D eigenvalue weighted by atomic mass is 10.2. The molecule has 0 atom stereocenters. The monoisotopic (exact) mass is 436 g/mol. The quantitative estimate of drug-likeness (QED) is 0.722. The Bertz CT molecular complexity index is 953. The van der Waals surface area contributed by atoms with E-state index >= 15 is 0 Å². The molecule has 28 heavy (non-hydrogen) atoms. The van der Waals surface area contributed by atoms with E-state index in [1.54, 1.807) is 6.07 Å². The van der Waals surface area contributed by atoms with E-state index in [2.05, 4.69) is 5.10 Å². The summed E-state index contributed by atoms with van der Waals surface area (Å²) in [6.07, 6.45) is 0. The van der Waals surface area contributed by atoms with Crippen LogP contribution in [0.15, 0.2) is 23.1 Å². The van der Waals surface area contributed by atoms with Crippen LogP contribution in [0.5, 0.6) is 0 Å². The van der Waals surface area contributed by atoms with Crippen LogP contribution in [0.3, 0.4) is 0 Å². The largest absolute Gasteiger partial charge is 0.333 e. The fraction of sp³-hybridized carbons (Fsp3) is 0.471. The minimum atomic E-state index is -3.96. The van der Waals surface area contributed by atoms with Crippen molar-refractivity contribution in [1.82, 2.24) is 19.0 Å². The molecule has 154 valence electrons. The van der Waals surface area contributed by atoms with Crippen molar-refractivity contribution in [2.45, 2.75) is 31.8 Å². The molecule has 0 aliphatic carbocycles. The van der Waals surface area contributed by atoms with Crippen LogP contribution in [0.2, 0.25) is 5.02 Å². The molecule has 0 spiro atoms. The van der Waals surface area contributed by atoms with E-state index < -0.39 is 22.4 Å². The van der Waals surface area contributed by atoms with Gasteiger partial charge >= 0.3 is 6.55 Å². The Morgan fingerprint density at radius 1 is 1.18 bits per heavy atom. The second-order valence-corrected chi connectivity index (χ2v) is 8.88. The van der Waals surface area contributed by atoms with Gasteiger partial charge in [-0.25, -0.2) is 17.5 Å². The molecule has 6 nitrogen and oxygen atoms in total. The minimum Gasteiger partial charge on any atom is -0.296 e. The number of rotatable bonds is 5. The van der Waals surface area contributed by atoms with Gasteiger partial charge in [-0.2, -0.15) is 18.2 Å². The molecule has 1 aromatic heterocycles. The van der Waals surface area contributed by atoms with E-state index in [9.17, 15) is 21.6 Å². The molecule has 1 fully saturated rings. The van der Waals surface area contributed by atoms with Crippen LogP contribution in [0.25, 0.3) is 0 Å². The highest BCUT2D eigenvalue weighted by Crippen LogP contribution is 2.28. The number of aryl methyl sites for hydroxylation is 1. The second kappa shape index (κ2) is 8.02. The lowest BCUT2D eigenvalue weighted by molar-refractivity contribution is 0.0538. The van der Waals surface area contributed by atoms with Crippen molar-refractivity contribution in [3.63, 3.8) is 0 Å². The molecule has 0 amide bonds. The number of piperazine rings is 1. The number of hydrogen-bond donors (Lipinski definition) is 0. The first-order valence-corrected chi connectivity index (χ1v) is 10.4. The molecule has 1 aliphatic heterocycles. The Morgan fingerprint density at radius 3 is 2.36 bits per heavy atom. The zero-order valence-corrected chi connectivity index (χ0v) is 16.9. The highest BCUT2D eigenvalue weighted by Gasteiger charge is 2.34. The summed E-state index contributed by atoms with van der Waals surface area (Å²) in [7, 11) is -3.96. The van der Waals surface area contributed by atoms with Crippen LogP contribution in [-0.4, -0.2) is 53.6 Å². The molecular weight excluding hydrogens is 417 g/mol. The fourth-order valence-corrected chi connectivity index (χ4v) is 5.38. The van der Waals surface area contributed by atoms with Gasteiger partial charge in [-0.05, 0) is 26.0 Å². The third-order valence-electron chi connectivity index (χ3n) is 4.82. The highest BCUT2D eigenvalue weighted by atomic mass is 35.5. The van der Waals surface area contributed by atoms with Crippen LogP contribution in [0, 0.1) is 19.7 Å². The summed E-state index contributed by atoms with van der Waals surface area (Å²) in [5.74, 6) is -0.409. The van der Waals surface area contributed by atoms with E-state index in [0.29, 0.717) is 28.4 Å². The molecule has 2 aromatic rings. The maximum Gasteiger partial charge on any atom is 0.333 e. The average molecular weight is 437 g/mol. The first-order valence-electron chi connectivity index (χ1n) is 8.62. The van der Waals surface area contributed by atoms with Crippen molar-refractivity contribution in [1.29, 1.82) is 0 Å². The summed E-state index contributed by atoms with van der Waals surface area (Å²) in [5.41, 5.74) is 0.316. The Morgan fingerprint density at radius 2 is 1.82 bits per heavy atom. The van der Waals surface area contributed by atoms with Gasteiger partial charge < -0.3 is 0 Å². The molecule has 0 saturated carbocycles. The molecule has 1 aliphatic rings. The van der Waals surface area contributed by atoms with Crippen LogP contribution < -0.4 is 0 Å². The van der Waals surface area contributed by atoms with Crippen molar-refractivity contribution in [2.75, 3.05) is 26.2 Å². The minimum absolute atomic E-state index is 0.0402. The molecule has 1 saturated heterocycles. The predicted molar refractivity (Wildman–Crippen MR) is 98.4 cm³/mol. The first kappa shape index (κ1) is 21.1. The van der Waals surface area contributed by atoms with Crippen LogP contribution in [0.1, 0.15) is 23.5 Å². The van der Waals surface area contributed by atoms with Crippen LogP contribution >= 0.6 is 11.6 Å². The van der Waals surface area contributed by atoms with E-state index in [0.717, 1.165) is 0 Å². The summed E-state index contributed by atoms with van der Waals surface area (Å²) < 4.78 is 67.6. The molecule has 0 N–H and O–H groups in total. The molecule has 2 heterocycles. The summed E-state index contributed by atoms with van der Waals surface area (Å²) >= 11 is 6.05. The highest BCUT2D eigenvalue weighted by molar-refractivity contribution is 7.89. The molecule has 0 unspecified atom stereocenters. The summed E-state index contributed by atoms with van der Waals surface area (Å²) in [6, 6.07) is 4.46. The number of halogens is 4. The van der Waals surface area contributed by atoms with Gasteiger partial charge in [-0.3, -0.25) is 4.90 Å². The fourth-order valence-electron chi connectivity index (χ4n) is 3.38. The third kappa shape index (κ3) is 3.91. The normalized spacial score (nSPS) is 16.8. The van der Waals surface area contributed by atoms with E-state index in [-0.39, 0.29) is 35.9 Å². The lowest BCUT2D eigenvalue weighted by Gasteiger charge is -2.34. The van der Waals surface area contributed by atoms with Gasteiger partial charge in [0.15, 0.2) is 0 Å². The van der Waals surface area contributed by atoms with Crippen LogP contribution in [-0.2, 0) is 16.6 Å². The summed E-state index contributed by atoms with van der Waals surface area (Å²) in [6.45, 7) is 1.12. The maximum absolute atomic E-state index is 14.0. The standard InChI is InChI=1S/C17H20ClF3N4O2S/c1-11-16(12(2)25(22-11)17(20)21)28(26,27)24-8-6-23(7-9-24)10-13-14(18)4-3-5-15(13)19/h3-5,17H,6-10H2,1-2H3. The zero-order chi connectivity index (χ0) is 20.6. The van der Waals surface area contributed by atoms with E-state index in [1.165, 1.54) is 30.3 Å². The second-order valence-electron chi connectivity index (χ2n) is 6.60. The molecule has 11 heteroatoms. The Labute approximate surface area is 166 Å². The van der Waals surface area contributed by atoms with E-state index in [1.807, 2.05) is 4.90 Å². The molecular formula is C17H20ClF3N4O2S. The zero-order valence-electron chi connectivity index (χ0n) is 15.4. The van der Waals surface area contributed by atoms with Crippen molar-refractivity contribution >= 4 is 21.6 Å². The van der Waals surface area contributed by atoms with Crippen molar-refractivity contribution < 1.29 is 21.6 Å². The number of hydrogen-bond acceptors (Lipinski definition) is 4. The summed E-state index contributed by atoms with van der Waals surface area (Å²) in [5, 5.41) is 3.98. The number of nitrogens with zero attached hydrogens (tertiary/aromatic N) is 4. The molecule has 0 radical (unpaired) electrons. The van der Waals surface area contributed by atoms with Crippen LogP contribution in [0.4, 0.5) is 13.2 Å². The lowest BCUT2D eigenvalue weighted by Crippen LogP contribution is -2.48. The van der Waals surface area contributed by atoms with Crippen molar-refractivity contribution in [3.05, 3.63) is 46.0 Å². The topological polar surface area (TPSA) is 58.4 Å². The average Bonchev–Trinajstić information content (AvgIpc) is 2.94. The van der Waals surface area contributed by atoms with Gasteiger partial charge in [0.1, 0.15) is 10.7 Å². The third-order valence-corrected chi connectivity index (χ3v) is 7.32. The number of aromatic nitrogens is 2. The van der Waals surface area contributed by atoms with Gasteiger partial charge in [-0.1, -0.05) is 17.7 Å². The SMILES string of the molecule is Cc1nn(C(F)F)c(C)c1S(=O)(=O)N1CCN(Cc2c(F)cccc2Cl)CC1. The molecule has 0 bridgehead atoms. The van der Waals surface area contributed by atoms with Gasteiger partial charge in [0.05, 0.1) is 11.4 Å². The smallest absolute Gasteiger partial charge is 0.296 e. The number of alkyl halides is 2.